The summed E-state index contributed by atoms with van der Waals surface area (Å²) in [5.74, 6) is -2.89. The minimum atomic E-state index is -1.42. The standard InChI is InChI=1S/C27H36O12/c1-25(2)34-13-18(37-25)19-20(21-22(35-19)39-26(3,4)38-21)36-23(29)27(5,14-31-6)15-33-24(30)32-12-17(28)16-10-8-7-9-11-16/h7-11,18-22H,12-15H2,1-6H3/t18?,19-,20?,21-,22-,27?/m1/s1. The molecule has 0 radical (unpaired) electrons. The summed E-state index contributed by atoms with van der Waals surface area (Å²) in [7, 11) is 1.40. The Morgan fingerprint density at radius 3 is 2.31 bits per heavy atom. The van der Waals surface area contributed by atoms with Crippen molar-refractivity contribution in [2.75, 3.05) is 33.5 Å². The fourth-order valence-electron chi connectivity index (χ4n) is 4.65. The predicted octanol–water partition coefficient (Wildman–Crippen LogP) is 2.61. The number of hydrogen-bond donors (Lipinski definition) is 0. The molecule has 1 aromatic carbocycles. The van der Waals surface area contributed by atoms with E-state index in [2.05, 4.69) is 0 Å². The van der Waals surface area contributed by atoms with Gasteiger partial charge < -0.3 is 42.6 Å². The third-order valence-electron chi connectivity index (χ3n) is 6.55. The Kier molecular flexibility index (Phi) is 8.64. The van der Waals surface area contributed by atoms with Crippen molar-refractivity contribution in [2.45, 2.75) is 76.9 Å². The molecule has 0 spiro atoms. The molecule has 0 N–H and O–H groups in total. The summed E-state index contributed by atoms with van der Waals surface area (Å²) in [6, 6.07) is 8.38. The molecule has 0 bridgehead atoms. The summed E-state index contributed by atoms with van der Waals surface area (Å²) >= 11 is 0. The van der Waals surface area contributed by atoms with Gasteiger partial charge in [-0.15, -0.1) is 0 Å². The minimum Gasteiger partial charge on any atom is -0.456 e. The van der Waals surface area contributed by atoms with Gasteiger partial charge >= 0.3 is 12.1 Å². The average molecular weight is 553 g/mol. The van der Waals surface area contributed by atoms with E-state index >= 15 is 0 Å². The molecule has 0 aliphatic carbocycles. The number of methoxy groups -OCH3 is 1. The van der Waals surface area contributed by atoms with Gasteiger partial charge in [0.05, 0.1) is 13.2 Å². The highest BCUT2D eigenvalue weighted by Crippen LogP contribution is 2.42. The normalized spacial score (nSPS) is 30.3. The largest absolute Gasteiger partial charge is 0.508 e. The van der Waals surface area contributed by atoms with Crippen LogP contribution in [0.3, 0.4) is 0 Å². The van der Waals surface area contributed by atoms with Gasteiger partial charge in [-0.3, -0.25) is 9.59 Å². The van der Waals surface area contributed by atoms with E-state index in [9.17, 15) is 14.4 Å². The summed E-state index contributed by atoms with van der Waals surface area (Å²) < 4.78 is 50.9. The fraction of sp³-hybridized carbons (Fsp3) is 0.667. The Morgan fingerprint density at radius 1 is 0.949 bits per heavy atom. The van der Waals surface area contributed by atoms with Gasteiger partial charge in [-0.05, 0) is 34.6 Å². The van der Waals surface area contributed by atoms with E-state index in [1.54, 1.807) is 58.0 Å². The summed E-state index contributed by atoms with van der Waals surface area (Å²) in [5.41, 5.74) is -1.02. The number of esters is 1. The van der Waals surface area contributed by atoms with Crippen LogP contribution in [0.4, 0.5) is 4.79 Å². The number of ketones is 1. The third-order valence-corrected chi connectivity index (χ3v) is 6.55. The molecule has 6 atom stereocenters. The molecular weight excluding hydrogens is 516 g/mol. The van der Waals surface area contributed by atoms with E-state index in [1.165, 1.54) is 14.0 Å². The highest BCUT2D eigenvalue weighted by molar-refractivity contribution is 5.97. The first-order valence-electron chi connectivity index (χ1n) is 12.7. The van der Waals surface area contributed by atoms with Gasteiger partial charge in [-0.2, -0.15) is 0 Å². The van der Waals surface area contributed by atoms with Crippen molar-refractivity contribution in [3.8, 4) is 0 Å². The quantitative estimate of drug-likeness (QED) is 0.312. The number of rotatable bonds is 10. The van der Waals surface area contributed by atoms with E-state index in [1.807, 2.05) is 0 Å². The number of carbonyl (C=O) groups is 3. The molecule has 4 rings (SSSR count). The van der Waals surface area contributed by atoms with Gasteiger partial charge in [-0.25, -0.2) is 4.79 Å². The third kappa shape index (κ3) is 6.94. The number of benzene rings is 1. The smallest absolute Gasteiger partial charge is 0.456 e. The average Bonchev–Trinajstić information content (AvgIpc) is 3.50. The van der Waals surface area contributed by atoms with Gasteiger partial charge in [0.2, 0.25) is 0 Å². The molecule has 3 saturated heterocycles. The van der Waals surface area contributed by atoms with Gasteiger partial charge in [0.25, 0.3) is 0 Å². The van der Waals surface area contributed by atoms with Crippen LogP contribution in [0.1, 0.15) is 45.0 Å². The number of fused-ring (bicyclic) bond motifs is 1. The Balaban J connectivity index is 1.39. The Hall–Kier alpha value is -2.61. The van der Waals surface area contributed by atoms with Crippen molar-refractivity contribution in [2.24, 2.45) is 5.41 Å². The van der Waals surface area contributed by atoms with Crippen LogP contribution in [0.2, 0.25) is 0 Å². The first-order chi connectivity index (χ1) is 18.3. The zero-order valence-electron chi connectivity index (χ0n) is 23.0. The molecule has 3 fully saturated rings. The number of carbonyl (C=O) groups excluding carboxylic acids is 3. The van der Waals surface area contributed by atoms with E-state index in [0.717, 1.165) is 0 Å². The van der Waals surface area contributed by atoms with Crippen LogP contribution in [0.25, 0.3) is 0 Å². The second-order valence-electron chi connectivity index (χ2n) is 10.9. The predicted molar refractivity (Wildman–Crippen MR) is 132 cm³/mol. The second-order valence-corrected chi connectivity index (χ2v) is 10.9. The lowest BCUT2D eigenvalue weighted by atomic mass is 9.92. The van der Waals surface area contributed by atoms with Crippen molar-refractivity contribution in [3.05, 3.63) is 35.9 Å². The molecule has 1 aromatic rings. The van der Waals surface area contributed by atoms with Crippen LogP contribution in [0.15, 0.2) is 30.3 Å². The molecule has 216 valence electrons. The molecular formula is C27H36O12. The SMILES string of the molecule is COCC(C)(COC(=O)OCC(=O)c1ccccc1)C(=O)OC1[C@@H](C2COC(C)(C)O2)O[C@@H]2OC(C)(C)O[C@H]12. The number of Topliss-reactive ketones (excluding diaryl/α,β-unsaturated/α-hetero) is 1. The molecule has 39 heavy (non-hydrogen) atoms. The van der Waals surface area contributed by atoms with E-state index in [-0.39, 0.29) is 13.2 Å². The van der Waals surface area contributed by atoms with Gasteiger partial charge in [-0.1, -0.05) is 30.3 Å². The van der Waals surface area contributed by atoms with E-state index in [0.29, 0.717) is 5.56 Å². The monoisotopic (exact) mass is 552 g/mol. The molecule has 0 amide bonds. The molecule has 0 saturated carbocycles. The lowest BCUT2D eigenvalue weighted by Crippen LogP contribution is -2.49. The Bertz CT molecular complexity index is 1040. The van der Waals surface area contributed by atoms with Crippen LogP contribution in [0.5, 0.6) is 0 Å². The highest BCUT2D eigenvalue weighted by Gasteiger charge is 2.60. The maximum atomic E-state index is 13.5. The van der Waals surface area contributed by atoms with Crippen molar-refractivity contribution in [3.63, 3.8) is 0 Å². The zero-order chi connectivity index (χ0) is 28.4. The zero-order valence-corrected chi connectivity index (χ0v) is 23.0. The number of hydrogen-bond acceptors (Lipinski definition) is 12. The molecule has 0 aromatic heterocycles. The van der Waals surface area contributed by atoms with Crippen LogP contribution in [-0.2, 0) is 47.4 Å². The summed E-state index contributed by atoms with van der Waals surface area (Å²) in [5, 5.41) is 0. The first-order valence-corrected chi connectivity index (χ1v) is 12.7. The Labute approximate surface area is 227 Å². The highest BCUT2D eigenvalue weighted by atomic mass is 16.9. The van der Waals surface area contributed by atoms with Crippen LogP contribution in [0, 0.1) is 5.41 Å². The molecule has 3 unspecified atom stereocenters. The van der Waals surface area contributed by atoms with Crippen molar-refractivity contribution < 1.29 is 57.0 Å². The molecule has 3 aliphatic rings. The van der Waals surface area contributed by atoms with Gasteiger partial charge in [0, 0.05) is 12.7 Å². The van der Waals surface area contributed by atoms with Crippen molar-refractivity contribution in [1.29, 1.82) is 0 Å². The van der Waals surface area contributed by atoms with Gasteiger partial charge in [0.1, 0.15) is 24.2 Å². The molecule has 12 heteroatoms. The van der Waals surface area contributed by atoms with Gasteiger partial charge in [0.15, 0.2) is 42.5 Å². The fourth-order valence-corrected chi connectivity index (χ4v) is 4.65. The molecule has 3 aliphatic heterocycles. The number of ether oxygens (including phenoxy) is 9. The lowest BCUT2D eigenvalue weighted by Gasteiger charge is -2.32. The molecule has 12 nitrogen and oxygen atoms in total. The second kappa shape index (κ2) is 11.5. The van der Waals surface area contributed by atoms with Crippen LogP contribution >= 0.6 is 0 Å². The maximum absolute atomic E-state index is 13.5. The topological polar surface area (TPSA) is 134 Å². The maximum Gasteiger partial charge on any atom is 0.508 e. The van der Waals surface area contributed by atoms with E-state index < -0.39 is 78.8 Å². The van der Waals surface area contributed by atoms with Crippen molar-refractivity contribution in [1.82, 2.24) is 0 Å². The van der Waals surface area contributed by atoms with E-state index in [4.69, 9.17) is 42.6 Å². The lowest BCUT2D eigenvalue weighted by molar-refractivity contribution is -0.237. The Morgan fingerprint density at radius 2 is 1.67 bits per heavy atom. The summed E-state index contributed by atoms with van der Waals surface area (Å²) in [6.45, 7) is 7.70. The van der Waals surface area contributed by atoms with Crippen LogP contribution < -0.4 is 0 Å². The first kappa shape index (κ1) is 29.4. The van der Waals surface area contributed by atoms with Crippen molar-refractivity contribution >= 4 is 17.9 Å². The molecule has 3 heterocycles. The summed E-state index contributed by atoms with van der Waals surface area (Å²) in [4.78, 5) is 37.9. The van der Waals surface area contributed by atoms with Crippen LogP contribution in [-0.4, -0.2) is 93.7 Å². The summed E-state index contributed by atoms with van der Waals surface area (Å²) in [6.07, 6.45) is -4.78. The minimum absolute atomic E-state index is 0.132.